The summed E-state index contributed by atoms with van der Waals surface area (Å²) >= 11 is 0. The molecule has 1 atom stereocenters. The highest BCUT2D eigenvalue weighted by atomic mass is 16.4. The second-order valence-corrected chi connectivity index (χ2v) is 10.0. The molecule has 9 heteroatoms. The number of likely N-dealkylation sites (N-methyl/N-ethyl adjacent to an activating group) is 1. The molecule has 0 spiro atoms. The zero-order valence-electron chi connectivity index (χ0n) is 23.4. The van der Waals surface area contributed by atoms with Crippen molar-refractivity contribution in [3.63, 3.8) is 0 Å². The molecule has 2 amide bonds. The molecule has 0 aliphatic heterocycles. The molecule has 5 aromatic rings. The number of pyridine rings is 1. The summed E-state index contributed by atoms with van der Waals surface area (Å²) in [5.74, 6) is -0.478. The maximum Gasteiger partial charge on any atom is 0.348 e. The van der Waals surface area contributed by atoms with Crippen molar-refractivity contribution in [2.45, 2.75) is 32.5 Å². The zero-order chi connectivity index (χ0) is 29.5. The van der Waals surface area contributed by atoms with E-state index in [1.807, 2.05) is 66.7 Å². The van der Waals surface area contributed by atoms with Crippen LogP contribution >= 0.6 is 0 Å². The van der Waals surface area contributed by atoms with Crippen LogP contribution in [0.5, 0.6) is 0 Å². The van der Waals surface area contributed by atoms with Crippen LogP contribution in [0.4, 0.5) is 6.01 Å². The molecule has 2 aromatic heterocycles. The van der Waals surface area contributed by atoms with E-state index >= 15 is 0 Å². The van der Waals surface area contributed by atoms with Crippen LogP contribution in [0, 0.1) is 6.92 Å². The van der Waals surface area contributed by atoms with Crippen molar-refractivity contribution >= 4 is 28.7 Å². The third-order valence-corrected chi connectivity index (χ3v) is 7.02. The second-order valence-electron chi connectivity index (χ2n) is 10.0. The Morgan fingerprint density at radius 1 is 0.905 bits per heavy atom. The number of amides is 2. The first-order chi connectivity index (χ1) is 20.4. The molecule has 9 nitrogen and oxygen atoms in total. The van der Waals surface area contributed by atoms with Gasteiger partial charge in [-0.25, -0.2) is 4.79 Å². The van der Waals surface area contributed by atoms with Crippen LogP contribution < -0.4 is 16.3 Å². The SMILES string of the molecule is Cc1c(CNC(=O)c2ccccn2)ccc2nc(N[C@@H](Cc3ccccc3)C(=O)N(C)Cc3ccccc3)oc(=O)c12. The molecule has 0 saturated heterocycles. The van der Waals surface area contributed by atoms with Gasteiger partial charge < -0.3 is 20.0 Å². The van der Waals surface area contributed by atoms with Gasteiger partial charge in [-0.3, -0.25) is 14.6 Å². The molecule has 0 bridgehead atoms. The third-order valence-electron chi connectivity index (χ3n) is 7.02. The Kier molecular flexibility index (Phi) is 8.67. The molecule has 0 saturated carbocycles. The van der Waals surface area contributed by atoms with E-state index in [0.717, 1.165) is 16.7 Å². The smallest absolute Gasteiger partial charge is 0.348 e. The molecule has 0 unspecified atom stereocenters. The molecular weight excluding hydrogens is 530 g/mol. The van der Waals surface area contributed by atoms with E-state index in [2.05, 4.69) is 20.6 Å². The number of carbonyl (C=O) groups excluding carboxylic acids is 2. The van der Waals surface area contributed by atoms with Crippen molar-refractivity contribution < 1.29 is 14.0 Å². The Labute approximate surface area is 243 Å². The molecule has 0 aliphatic carbocycles. The van der Waals surface area contributed by atoms with Crippen LogP contribution in [0.2, 0.25) is 0 Å². The Hall–Kier alpha value is -5.31. The maximum absolute atomic E-state index is 13.6. The summed E-state index contributed by atoms with van der Waals surface area (Å²) < 4.78 is 5.59. The highest BCUT2D eigenvalue weighted by Gasteiger charge is 2.25. The van der Waals surface area contributed by atoms with Gasteiger partial charge >= 0.3 is 5.63 Å². The van der Waals surface area contributed by atoms with E-state index in [9.17, 15) is 14.4 Å². The average molecular weight is 562 g/mol. The normalized spacial score (nSPS) is 11.6. The van der Waals surface area contributed by atoms with Crippen molar-refractivity contribution in [2.24, 2.45) is 0 Å². The number of aromatic nitrogens is 2. The fourth-order valence-corrected chi connectivity index (χ4v) is 4.78. The van der Waals surface area contributed by atoms with Crippen LogP contribution in [0.3, 0.4) is 0 Å². The van der Waals surface area contributed by atoms with Crippen molar-refractivity contribution in [3.8, 4) is 0 Å². The number of fused-ring (bicyclic) bond motifs is 1. The maximum atomic E-state index is 13.6. The highest BCUT2D eigenvalue weighted by Crippen LogP contribution is 2.21. The number of aryl methyl sites for hydroxylation is 1. The molecule has 0 aliphatic rings. The topological polar surface area (TPSA) is 117 Å². The monoisotopic (exact) mass is 561 g/mol. The molecule has 0 radical (unpaired) electrons. The van der Waals surface area contributed by atoms with Gasteiger partial charge in [0.15, 0.2) is 0 Å². The van der Waals surface area contributed by atoms with E-state index in [1.165, 1.54) is 0 Å². The van der Waals surface area contributed by atoms with Gasteiger partial charge in [0.25, 0.3) is 11.9 Å². The molecule has 2 heterocycles. The molecule has 5 rings (SSSR count). The van der Waals surface area contributed by atoms with Crippen molar-refractivity contribution in [3.05, 3.63) is 136 Å². The summed E-state index contributed by atoms with van der Waals surface area (Å²) in [5, 5.41) is 6.24. The number of benzene rings is 3. The molecule has 3 aromatic carbocycles. The van der Waals surface area contributed by atoms with Gasteiger partial charge in [0.05, 0.1) is 10.9 Å². The third kappa shape index (κ3) is 6.69. The number of nitrogens with zero attached hydrogens (tertiary/aromatic N) is 3. The Bertz CT molecular complexity index is 1740. The average Bonchev–Trinajstić information content (AvgIpc) is 3.01. The quantitative estimate of drug-likeness (QED) is 0.258. The molecule has 2 N–H and O–H groups in total. The van der Waals surface area contributed by atoms with Gasteiger partial charge in [0, 0.05) is 32.8 Å². The number of rotatable bonds is 10. The van der Waals surface area contributed by atoms with Crippen LogP contribution in [0.25, 0.3) is 10.9 Å². The van der Waals surface area contributed by atoms with Gasteiger partial charge in [0.1, 0.15) is 11.7 Å². The predicted molar refractivity (Wildman–Crippen MR) is 161 cm³/mol. The van der Waals surface area contributed by atoms with Crippen molar-refractivity contribution in [1.82, 2.24) is 20.2 Å². The van der Waals surface area contributed by atoms with Crippen LogP contribution in [-0.4, -0.2) is 39.8 Å². The first-order valence-electron chi connectivity index (χ1n) is 13.6. The number of hydrogen-bond acceptors (Lipinski definition) is 7. The summed E-state index contributed by atoms with van der Waals surface area (Å²) in [5.41, 5.74) is 3.51. The minimum Gasteiger partial charge on any atom is -0.389 e. The molecule has 212 valence electrons. The number of hydrogen-bond donors (Lipinski definition) is 2. The van der Waals surface area contributed by atoms with Gasteiger partial charge in [-0.2, -0.15) is 4.98 Å². The van der Waals surface area contributed by atoms with Crippen LogP contribution in [-0.2, 0) is 24.3 Å². The summed E-state index contributed by atoms with van der Waals surface area (Å²) in [6.07, 6.45) is 1.92. The number of anilines is 1. The standard InChI is InChI=1S/C33H31N5O4/c1-22-25(20-35-30(39)27-15-9-10-18-34-27)16-17-26-29(22)32(41)42-33(36-26)37-28(19-23-11-5-3-6-12-23)31(40)38(2)21-24-13-7-4-8-14-24/h3-18,28H,19-21H2,1-2H3,(H,35,39)(H,36,37)/t28-/m0/s1. The van der Waals surface area contributed by atoms with E-state index in [1.54, 1.807) is 49.3 Å². The minimum absolute atomic E-state index is 0.0366. The van der Waals surface area contributed by atoms with Crippen LogP contribution in [0.1, 0.15) is 32.7 Å². The number of nitrogens with one attached hydrogen (secondary N) is 2. The molecular formula is C33H31N5O4. The largest absolute Gasteiger partial charge is 0.389 e. The lowest BCUT2D eigenvalue weighted by molar-refractivity contribution is -0.131. The van der Waals surface area contributed by atoms with Gasteiger partial charge in [-0.15, -0.1) is 0 Å². The summed E-state index contributed by atoms with van der Waals surface area (Å²) in [7, 11) is 1.75. The van der Waals surface area contributed by atoms with Gasteiger partial charge in [-0.05, 0) is 47.4 Å². The summed E-state index contributed by atoms with van der Waals surface area (Å²) in [4.78, 5) is 49.5. The van der Waals surface area contributed by atoms with Gasteiger partial charge in [0.2, 0.25) is 5.91 Å². The van der Waals surface area contributed by atoms with E-state index in [-0.39, 0.29) is 24.4 Å². The van der Waals surface area contributed by atoms with E-state index in [4.69, 9.17) is 4.42 Å². The Morgan fingerprint density at radius 2 is 1.60 bits per heavy atom. The first-order valence-corrected chi connectivity index (χ1v) is 13.6. The first kappa shape index (κ1) is 28.2. The minimum atomic E-state index is -0.726. The fourth-order valence-electron chi connectivity index (χ4n) is 4.78. The summed E-state index contributed by atoms with van der Waals surface area (Å²) in [6, 6.07) is 27.2. The van der Waals surface area contributed by atoms with Crippen molar-refractivity contribution in [1.29, 1.82) is 0 Å². The van der Waals surface area contributed by atoms with Crippen LogP contribution in [0.15, 0.2) is 106 Å². The van der Waals surface area contributed by atoms with E-state index < -0.39 is 11.7 Å². The zero-order valence-corrected chi connectivity index (χ0v) is 23.4. The Balaban J connectivity index is 1.37. The lowest BCUT2D eigenvalue weighted by Gasteiger charge is -2.25. The molecule has 42 heavy (non-hydrogen) atoms. The fraction of sp³-hybridized carbons (Fsp3) is 0.182. The second kappa shape index (κ2) is 12.9. The van der Waals surface area contributed by atoms with Crippen molar-refractivity contribution in [2.75, 3.05) is 12.4 Å². The van der Waals surface area contributed by atoms with E-state index in [0.29, 0.717) is 35.1 Å². The lowest BCUT2D eigenvalue weighted by Crippen LogP contribution is -2.42. The molecule has 0 fully saturated rings. The summed E-state index contributed by atoms with van der Waals surface area (Å²) in [6.45, 7) is 2.43. The number of carbonyl (C=O) groups is 2. The predicted octanol–water partition coefficient (Wildman–Crippen LogP) is 4.50. The van der Waals surface area contributed by atoms with Gasteiger partial charge in [-0.1, -0.05) is 72.8 Å². The highest BCUT2D eigenvalue weighted by molar-refractivity contribution is 5.92. The lowest BCUT2D eigenvalue weighted by atomic mass is 10.0. The Morgan fingerprint density at radius 3 is 2.29 bits per heavy atom.